The molecule has 0 spiro atoms. The summed E-state index contributed by atoms with van der Waals surface area (Å²) in [5, 5.41) is 22.1. The van der Waals surface area contributed by atoms with Gasteiger partial charge in [-0.25, -0.2) is 4.98 Å². The first-order valence-electron chi connectivity index (χ1n) is 11.8. The van der Waals surface area contributed by atoms with Crippen LogP contribution in [0, 0.1) is 21.4 Å². The highest BCUT2D eigenvalue weighted by molar-refractivity contribution is 6.30. The SMILES string of the molecule is Cn1c(=O)c([N+](=O)[O-])c(N2CCN(C(c3ccccc3)c3ccc(Cl)cc3)CC2)c2nc(C#N)ccc21. The number of pyridine rings is 2. The van der Waals surface area contributed by atoms with E-state index in [0.717, 1.165) is 11.1 Å². The average Bonchev–Trinajstić information content (AvgIpc) is 2.92. The molecule has 0 aliphatic carbocycles. The second-order valence-electron chi connectivity index (χ2n) is 8.88. The van der Waals surface area contributed by atoms with Gasteiger partial charge in [-0.05, 0) is 35.4 Å². The van der Waals surface area contributed by atoms with E-state index in [-0.39, 0.29) is 22.9 Å². The topological polar surface area (TPSA) is 108 Å². The lowest BCUT2D eigenvalue weighted by molar-refractivity contribution is -0.385. The summed E-state index contributed by atoms with van der Waals surface area (Å²) in [4.78, 5) is 32.9. The molecule has 3 heterocycles. The molecule has 1 atom stereocenters. The number of benzene rings is 2. The lowest BCUT2D eigenvalue weighted by Gasteiger charge is -2.40. The van der Waals surface area contributed by atoms with Gasteiger partial charge in [0.05, 0.1) is 16.5 Å². The summed E-state index contributed by atoms with van der Waals surface area (Å²) in [5.41, 5.74) is 2.01. The van der Waals surface area contributed by atoms with Crippen LogP contribution >= 0.6 is 11.6 Å². The minimum Gasteiger partial charge on any atom is -0.361 e. The van der Waals surface area contributed by atoms with Crippen molar-refractivity contribution in [3.63, 3.8) is 0 Å². The Balaban J connectivity index is 1.54. The zero-order valence-electron chi connectivity index (χ0n) is 20.0. The highest BCUT2D eigenvalue weighted by Crippen LogP contribution is 2.35. The maximum atomic E-state index is 13.0. The molecular formula is C27H23ClN6O3. The number of rotatable bonds is 5. The molecule has 10 heteroatoms. The van der Waals surface area contributed by atoms with E-state index in [2.05, 4.69) is 22.0 Å². The number of anilines is 1. The van der Waals surface area contributed by atoms with Crippen LogP contribution in [-0.4, -0.2) is 45.6 Å². The summed E-state index contributed by atoms with van der Waals surface area (Å²) < 4.78 is 1.22. The number of halogens is 1. The van der Waals surface area contributed by atoms with Gasteiger partial charge in [0.15, 0.2) is 5.69 Å². The van der Waals surface area contributed by atoms with Gasteiger partial charge in [0.25, 0.3) is 0 Å². The van der Waals surface area contributed by atoms with Gasteiger partial charge in [-0.15, -0.1) is 0 Å². The Hall–Kier alpha value is -4.26. The van der Waals surface area contributed by atoms with Crippen molar-refractivity contribution in [2.75, 3.05) is 31.1 Å². The third kappa shape index (κ3) is 4.53. The van der Waals surface area contributed by atoms with Crippen LogP contribution in [0.1, 0.15) is 22.9 Å². The Kier molecular flexibility index (Phi) is 6.61. The van der Waals surface area contributed by atoms with Gasteiger partial charge in [-0.3, -0.25) is 19.8 Å². The molecule has 1 aliphatic heterocycles. The molecule has 1 fully saturated rings. The Morgan fingerprint density at radius 1 is 1.00 bits per heavy atom. The van der Waals surface area contributed by atoms with E-state index >= 15 is 0 Å². The zero-order chi connectivity index (χ0) is 26.1. The monoisotopic (exact) mass is 514 g/mol. The normalized spacial score (nSPS) is 14.9. The molecule has 0 bridgehead atoms. The summed E-state index contributed by atoms with van der Waals surface area (Å²) >= 11 is 6.14. The number of hydrogen-bond acceptors (Lipinski definition) is 7. The van der Waals surface area contributed by atoms with Crippen molar-refractivity contribution < 1.29 is 4.92 Å². The molecule has 2 aromatic heterocycles. The quantitative estimate of drug-likeness (QED) is 0.289. The van der Waals surface area contributed by atoms with Gasteiger partial charge in [0.2, 0.25) is 0 Å². The predicted octanol–water partition coefficient (Wildman–Crippen LogP) is 4.28. The van der Waals surface area contributed by atoms with Crippen molar-refractivity contribution in [1.29, 1.82) is 5.26 Å². The molecule has 2 aromatic carbocycles. The first kappa shape index (κ1) is 24.4. The van der Waals surface area contributed by atoms with Gasteiger partial charge >= 0.3 is 11.2 Å². The van der Waals surface area contributed by atoms with Crippen molar-refractivity contribution in [3.8, 4) is 6.07 Å². The third-order valence-corrected chi connectivity index (χ3v) is 7.04. The Morgan fingerprint density at radius 2 is 1.65 bits per heavy atom. The molecule has 1 aliphatic rings. The van der Waals surface area contributed by atoms with E-state index in [9.17, 15) is 20.2 Å². The molecular weight excluding hydrogens is 492 g/mol. The Bertz CT molecular complexity index is 1570. The molecule has 37 heavy (non-hydrogen) atoms. The molecule has 9 nitrogen and oxygen atoms in total. The second kappa shape index (κ2) is 10.0. The maximum absolute atomic E-state index is 13.0. The number of hydrogen-bond donors (Lipinski definition) is 0. The standard InChI is InChI=1S/C27H23ClN6O3/c1-31-22-12-11-21(17-29)30-23(22)25(26(27(31)35)34(36)37)33-15-13-32(14-16-33)24(18-5-3-2-4-6-18)19-7-9-20(28)10-8-19/h2-12,24H,13-16H2,1H3. The van der Waals surface area contributed by atoms with E-state index in [1.165, 1.54) is 17.7 Å². The van der Waals surface area contributed by atoms with Crippen LogP contribution in [0.3, 0.4) is 0 Å². The second-order valence-corrected chi connectivity index (χ2v) is 9.32. The summed E-state index contributed by atoms with van der Waals surface area (Å²) in [6, 6.07) is 23.0. The average molecular weight is 515 g/mol. The van der Waals surface area contributed by atoms with Crippen molar-refractivity contribution in [1.82, 2.24) is 14.5 Å². The zero-order valence-corrected chi connectivity index (χ0v) is 20.8. The lowest BCUT2D eigenvalue weighted by Crippen LogP contribution is -2.48. The number of fused-ring (bicyclic) bond motifs is 1. The van der Waals surface area contributed by atoms with E-state index in [1.807, 2.05) is 53.4 Å². The first-order chi connectivity index (χ1) is 17.9. The van der Waals surface area contributed by atoms with Gasteiger partial charge in [-0.1, -0.05) is 54.1 Å². The smallest absolute Gasteiger partial charge is 0.359 e. The molecule has 0 saturated carbocycles. The number of nitriles is 1. The molecule has 186 valence electrons. The van der Waals surface area contributed by atoms with Crippen LogP contribution in [0.2, 0.25) is 5.02 Å². The van der Waals surface area contributed by atoms with E-state index in [0.29, 0.717) is 36.7 Å². The number of piperazine rings is 1. The Labute approximate surface area is 217 Å². The summed E-state index contributed by atoms with van der Waals surface area (Å²) in [6.07, 6.45) is 0. The van der Waals surface area contributed by atoms with Gasteiger partial charge in [0.1, 0.15) is 17.3 Å². The molecule has 0 radical (unpaired) electrons. The fourth-order valence-electron chi connectivity index (χ4n) is 5.00. The van der Waals surface area contributed by atoms with Crippen molar-refractivity contribution in [2.45, 2.75) is 6.04 Å². The van der Waals surface area contributed by atoms with Crippen molar-refractivity contribution >= 4 is 34.0 Å². The molecule has 1 saturated heterocycles. The fourth-order valence-corrected chi connectivity index (χ4v) is 5.13. The number of aryl methyl sites for hydroxylation is 1. The summed E-state index contributed by atoms with van der Waals surface area (Å²) in [5.74, 6) is 0. The van der Waals surface area contributed by atoms with Crippen LogP contribution in [0.25, 0.3) is 11.0 Å². The van der Waals surface area contributed by atoms with E-state index in [4.69, 9.17) is 11.6 Å². The van der Waals surface area contributed by atoms with Crippen LogP contribution in [-0.2, 0) is 7.05 Å². The van der Waals surface area contributed by atoms with Crippen molar-refractivity contribution in [2.24, 2.45) is 7.05 Å². The highest BCUT2D eigenvalue weighted by Gasteiger charge is 2.33. The highest BCUT2D eigenvalue weighted by atomic mass is 35.5. The predicted molar refractivity (Wildman–Crippen MR) is 142 cm³/mol. The minimum absolute atomic E-state index is 0.0284. The molecule has 5 rings (SSSR count). The van der Waals surface area contributed by atoms with Gasteiger partial charge in [0, 0.05) is 38.2 Å². The van der Waals surface area contributed by atoms with Gasteiger partial charge in [-0.2, -0.15) is 5.26 Å². The minimum atomic E-state index is -0.704. The number of nitrogens with zero attached hydrogens (tertiary/aromatic N) is 6. The van der Waals surface area contributed by atoms with Crippen LogP contribution in [0.4, 0.5) is 11.4 Å². The fraction of sp³-hybridized carbons (Fsp3) is 0.222. The third-order valence-electron chi connectivity index (χ3n) is 6.78. The molecule has 4 aromatic rings. The molecule has 1 unspecified atom stereocenters. The summed E-state index contributed by atoms with van der Waals surface area (Å²) in [7, 11) is 1.48. The number of nitro groups is 1. The summed E-state index contributed by atoms with van der Waals surface area (Å²) in [6.45, 7) is 2.07. The number of aromatic nitrogens is 2. The van der Waals surface area contributed by atoms with Crippen LogP contribution < -0.4 is 10.5 Å². The van der Waals surface area contributed by atoms with E-state index in [1.54, 1.807) is 6.07 Å². The molecule has 0 N–H and O–H groups in total. The molecule has 0 amide bonds. The largest absolute Gasteiger partial charge is 0.361 e. The van der Waals surface area contributed by atoms with Crippen LogP contribution in [0.5, 0.6) is 0 Å². The van der Waals surface area contributed by atoms with Crippen LogP contribution in [0.15, 0.2) is 71.5 Å². The van der Waals surface area contributed by atoms with Gasteiger partial charge < -0.3 is 9.47 Å². The maximum Gasteiger partial charge on any atom is 0.359 e. The first-order valence-corrected chi connectivity index (χ1v) is 12.1. The Morgan fingerprint density at radius 3 is 2.27 bits per heavy atom. The van der Waals surface area contributed by atoms with E-state index < -0.39 is 16.2 Å². The van der Waals surface area contributed by atoms with Crippen molar-refractivity contribution in [3.05, 3.63) is 109 Å². The lowest BCUT2D eigenvalue weighted by atomic mass is 9.96.